The van der Waals surface area contributed by atoms with Crippen molar-refractivity contribution in [1.82, 2.24) is 0 Å². The number of thioether (sulfide) groups is 1. The molecule has 0 amide bonds. The Labute approximate surface area is 166 Å². The molecule has 0 aliphatic carbocycles. The lowest BCUT2D eigenvalue weighted by Gasteiger charge is -2.09. The van der Waals surface area contributed by atoms with E-state index in [1.54, 1.807) is 30.0 Å². The quantitative estimate of drug-likeness (QED) is 0.391. The van der Waals surface area contributed by atoms with Crippen LogP contribution < -0.4 is 15.3 Å². The minimum atomic E-state index is -0.258. The second-order valence-corrected chi connectivity index (χ2v) is 7.97. The molecule has 142 valence electrons. The first kappa shape index (κ1) is 18.6. The van der Waals surface area contributed by atoms with Crippen LogP contribution >= 0.6 is 11.8 Å². The van der Waals surface area contributed by atoms with E-state index in [0.29, 0.717) is 6.54 Å². The number of aromatic amines is 2. The molecule has 2 heterocycles. The number of hydrogen-bond acceptors (Lipinski definition) is 2. The Morgan fingerprint density at radius 1 is 0.821 bits per heavy atom. The lowest BCUT2D eigenvalue weighted by molar-refractivity contribution is -0.355. The van der Waals surface area contributed by atoms with Gasteiger partial charge < -0.3 is 5.32 Å². The third-order valence-electron chi connectivity index (χ3n) is 4.57. The van der Waals surface area contributed by atoms with Gasteiger partial charge in [0.15, 0.2) is 11.4 Å². The van der Waals surface area contributed by atoms with Gasteiger partial charge in [0.25, 0.3) is 0 Å². The lowest BCUT2D eigenvalue weighted by atomic mass is 10.1. The van der Waals surface area contributed by atoms with Gasteiger partial charge in [-0.1, -0.05) is 0 Å². The summed E-state index contributed by atoms with van der Waals surface area (Å²) in [5.41, 5.74) is 4.76. The molecule has 0 radical (unpaired) electrons. The van der Waals surface area contributed by atoms with E-state index in [9.17, 15) is 8.78 Å². The van der Waals surface area contributed by atoms with Crippen LogP contribution in [-0.2, 0) is 0 Å². The number of aromatic nitrogens is 2. The number of halogens is 2. The Morgan fingerprint density at radius 2 is 1.43 bits per heavy atom. The van der Waals surface area contributed by atoms with Crippen LogP contribution in [0.4, 0.5) is 14.5 Å². The zero-order chi connectivity index (χ0) is 19.7. The van der Waals surface area contributed by atoms with Crippen molar-refractivity contribution in [3.8, 4) is 0 Å². The maximum Gasteiger partial charge on any atom is 0.213 e. The molecule has 4 rings (SSSR count). The maximum atomic E-state index is 13.7. The fourth-order valence-corrected chi connectivity index (χ4v) is 4.36. The van der Waals surface area contributed by atoms with E-state index in [0.717, 1.165) is 49.5 Å². The Hall–Kier alpha value is -2.73. The molecule has 0 aliphatic heterocycles. The zero-order valence-electron chi connectivity index (χ0n) is 15.7. The van der Waals surface area contributed by atoms with Gasteiger partial charge in [-0.05, 0) is 24.3 Å². The van der Waals surface area contributed by atoms with Crippen molar-refractivity contribution < 1.29 is 18.7 Å². The predicted octanol–water partition coefficient (Wildman–Crippen LogP) is 4.72. The molecular formula is C22H21F2N3S+2. The normalized spacial score (nSPS) is 11.3. The largest absolute Gasteiger partial charge is 0.383 e. The van der Waals surface area contributed by atoms with E-state index in [4.69, 9.17) is 0 Å². The predicted molar refractivity (Wildman–Crippen MR) is 110 cm³/mol. The highest BCUT2D eigenvalue weighted by Gasteiger charge is 2.12. The fourth-order valence-electron chi connectivity index (χ4n) is 3.36. The van der Waals surface area contributed by atoms with Crippen LogP contribution in [0.5, 0.6) is 0 Å². The number of rotatable bonds is 5. The van der Waals surface area contributed by atoms with Crippen LogP contribution in [0.3, 0.4) is 0 Å². The molecule has 0 aliphatic rings. The molecule has 0 saturated carbocycles. The minimum absolute atomic E-state index is 0.241. The molecule has 3 N–H and O–H groups in total. The summed E-state index contributed by atoms with van der Waals surface area (Å²) in [4.78, 5) is 7.57. The molecule has 3 nitrogen and oxygen atoms in total. The molecule has 0 fully saturated rings. The van der Waals surface area contributed by atoms with Crippen molar-refractivity contribution in [1.29, 1.82) is 0 Å². The number of hydrogen-bond donors (Lipinski definition) is 1. The molecule has 28 heavy (non-hydrogen) atoms. The van der Waals surface area contributed by atoms with Crippen LogP contribution in [0.15, 0.2) is 53.4 Å². The van der Waals surface area contributed by atoms with Crippen molar-refractivity contribution >= 4 is 39.3 Å². The van der Waals surface area contributed by atoms with E-state index in [1.165, 1.54) is 18.2 Å². The first-order valence-corrected chi connectivity index (χ1v) is 10.1. The number of aryl methyl sites for hydroxylation is 2. The molecule has 0 atom stereocenters. The summed E-state index contributed by atoms with van der Waals surface area (Å²) >= 11 is 1.67. The van der Waals surface area contributed by atoms with Crippen molar-refractivity contribution in [2.24, 2.45) is 0 Å². The topological polar surface area (TPSA) is 40.3 Å². The molecule has 4 aromatic rings. The van der Waals surface area contributed by atoms with Crippen LogP contribution in [0.25, 0.3) is 21.8 Å². The highest BCUT2D eigenvalue weighted by Crippen LogP contribution is 2.27. The number of fused-ring (bicyclic) bond motifs is 2. The molecular weight excluding hydrogens is 376 g/mol. The van der Waals surface area contributed by atoms with Crippen molar-refractivity contribution in [2.45, 2.75) is 18.7 Å². The van der Waals surface area contributed by atoms with Crippen LogP contribution in [-0.4, -0.2) is 12.3 Å². The number of nitrogens with one attached hydrogen (secondary N) is 3. The molecule has 0 saturated heterocycles. The summed E-state index contributed by atoms with van der Waals surface area (Å²) in [5.74, 6) is 0.296. The van der Waals surface area contributed by atoms with Gasteiger partial charge in [-0.15, -0.1) is 11.8 Å². The summed E-state index contributed by atoms with van der Waals surface area (Å²) in [5, 5.41) is 5.12. The summed E-state index contributed by atoms with van der Waals surface area (Å²) in [6, 6.07) is 13.6. The third-order valence-corrected chi connectivity index (χ3v) is 5.62. The molecule has 0 bridgehead atoms. The summed E-state index contributed by atoms with van der Waals surface area (Å²) in [6.45, 7) is 4.68. The molecule has 0 spiro atoms. The summed E-state index contributed by atoms with van der Waals surface area (Å²) in [6.07, 6.45) is 0. The number of benzene rings is 2. The average Bonchev–Trinajstić information content (AvgIpc) is 2.65. The van der Waals surface area contributed by atoms with E-state index in [1.807, 2.05) is 26.0 Å². The standard InChI is InChI=1S/C22H19F2N3S/c1-13-9-21(17-11-15(23)3-5-19(17)26-13)25-7-8-28-22-10-14(2)27-20-6-4-16(24)12-18(20)22/h3-6,9-12H,7-8H2,1-2H3,(H,25,26)/p+2. The number of anilines is 1. The SMILES string of the molecule is Cc1cc(NCCSc2cc(C)[nH+]c3ccc(F)cc23)c2cc(F)ccc2[nH+]1. The number of pyridine rings is 2. The second kappa shape index (κ2) is 7.72. The molecule has 6 heteroatoms. The lowest BCUT2D eigenvalue weighted by Crippen LogP contribution is -2.13. The Balaban J connectivity index is 1.51. The Morgan fingerprint density at radius 3 is 2.14 bits per heavy atom. The van der Waals surface area contributed by atoms with Gasteiger partial charge in [-0.2, -0.15) is 0 Å². The van der Waals surface area contributed by atoms with Gasteiger partial charge in [0.05, 0.1) is 16.5 Å². The summed E-state index contributed by atoms with van der Waals surface area (Å²) in [7, 11) is 0. The first-order chi connectivity index (χ1) is 13.5. The second-order valence-electron chi connectivity index (χ2n) is 6.84. The van der Waals surface area contributed by atoms with Crippen molar-refractivity contribution in [3.05, 3.63) is 71.6 Å². The summed E-state index contributed by atoms with van der Waals surface area (Å²) < 4.78 is 27.3. The first-order valence-electron chi connectivity index (χ1n) is 9.11. The molecule has 2 aromatic heterocycles. The van der Waals surface area contributed by atoms with Crippen LogP contribution in [0, 0.1) is 25.5 Å². The van der Waals surface area contributed by atoms with Gasteiger partial charge in [0, 0.05) is 55.3 Å². The minimum Gasteiger partial charge on any atom is -0.383 e. The third kappa shape index (κ3) is 3.92. The smallest absolute Gasteiger partial charge is 0.213 e. The highest BCUT2D eigenvalue weighted by atomic mass is 32.2. The monoisotopic (exact) mass is 397 g/mol. The van der Waals surface area contributed by atoms with E-state index in [2.05, 4.69) is 15.3 Å². The average molecular weight is 397 g/mol. The molecule has 2 aromatic carbocycles. The van der Waals surface area contributed by atoms with Gasteiger partial charge in [0.2, 0.25) is 11.0 Å². The van der Waals surface area contributed by atoms with Crippen molar-refractivity contribution in [3.63, 3.8) is 0 Å². The van der Waals surface area contributed by atoms with E-state index >= 15 is 0 Å². The number of H-pyrrole nitrogens is 2. The van der Waals surface area contributed by atoms with E-state index < -0.39 is 0 Å². The molecule has 0 unspecified atom stereocenters. The van der Waals surface area contributed by atoms with Gasteiger partial charge in [0.1, 0.15) is 11.6 Å². The highest BCUT2D eigenvalue weighted by molar-refractivity contribution is 7.99. The Bertz CT molecular complexity index is 1080. The van der Waals surface area contributed by atoms with Gasteiger partial charge in [-0.25, -0.2) is 18.7 Å². The fraction of sp³-hybridized carbons (Fsp3) is 0.182. The van der Waals surface area contributed by atoms with Crippen molar-refractivity contribution in [2.75, 3.05) is 17.6 Å². The van der Waals surface area contributed by atoms with Crippen LogP contribution in [0.2, 0.25) is 0 Å². The van der Waals surface area contributed by atoms with E-state index in [-0.39, 0.29) is 11.6 Å². The van der Waals surface area contributed by atoms with Gasteiger partial charge >= 0.3 is 0 Å². The maximum absolute atomic E-state index is 13.7. The zero-order valence-corrected chi connectivity index (χ0v) is 16.5. The Kier molecular flexibility index (Phi) is 5.13. The van der Waals surface area contributed by atoms with Gasteiger partial charge in [-0.3, -0.25) is 0 Å². The van der Waals surface area contributed by atoms with Crippen LogP contribution in [0.1, 0.15) is 11.4 Å².